The number of para-hydroxylation sites is 1. The first-order valence-electron chi connectivity index (χ1n) is 25.6. The lowest BCUT2D eigenvalue weighted by atomic mass is 9.99. The van der Waals surface area contributed by atoms with Crippen LogP contribution in [0, 0.1) is 11.8 Å². The number of hydrogen-bond acceptors (Lipinski definition) is 13. The Morgan fingerprint density at radius 2 is 1.29 bits per heavy atom. The van der Waals surface area contributed by atoms with E-state index in [-0.39, 0.29) is 87.4 Å². The van der Waals surface area contributed by atoms with Crippen LogP contribution in [0.1, 0.15) is 83.0 Å². The zero-order chi connectivity index (χ0) is 56.2. The zero-order valence-corrected chi connectivity index (χ0v) is 43.6. The average molecular weight is 1070 g/mol. The highest BCUT2D eigenvalue weighted by Crippen LogP contribution is 2.20. The molecular weight excluding hydrogens is 997 g/mol. The standard InChI is InChI=1S/C52H72N14O11/c1-28(2)18-38(46(72)59-32(25-67)8-7-17-56-52(53)54)61-47(73)39(19-29(3)4)62-48(74)40(20-30-11-13-34(69)14-12-30)63-51(77)43(26-68)66-49(75)41(21-31-23-57-36-10-6-5-9-35(31)36)64-50(76)42(22-33-24-55-27-58-33)65-45(71)37-15-16-44(70)60-37/h5-6,9-14,23-25,27-29,32,37-43,57,68-69H,7-8,15-22,26H2,1-4H3,(H,55,58)(H,59,72)(H,60,70)(H,61,73)(H,62,74)(H,63,77)(H,64,76)(H,65,71)(H,66,75)(H4,53,54,56)/t32-,37-,38-,39+,40-,41-,42-,43-/m0/s1. The molecule has 1 fully saturated rings. The number of benzene rings is 2. The molecule has 2 aromatic heterocycles. The Labute approximate surface area is 445 Å². The first kappa shape index (κ1) is 59.5. The molecule has 0 unspecified atom stereocenters. The molecule has 5 rings (SSSR count). The molecule has 2 aromatic carbocycles. The number of fused-ring (bicyclic) bond motifs is 1. The van der Waals surface area contributed by atoms with E-state index in [1.807, 2.05) is 39.8 Å². The quantitative estimate of drug-likeness (QED) is 0.0124. The summed E-state index contributed by atoms with van der Waals surface area (Å²) in [7, 11) is 0. The summed E-state index contributed by atoms with van der Waals surface area (Å²) < 4.78 is 0. The van der Waals surface area contributed by atoms with Gasteiger partial charge in [0.2, 0.25) is 47.3 Å². The van der Waals surface area contributed by atoms with Crippen LogP contribution >= 0.6 is 0 Å². The predicted octanol–water partition coefficient (Wildman–Crippen LogP) is -1.37. The number of aliphatic imine (C=N–C) groups is 1. The van der Waals surface area contributed by atoms with Crippen LogP contribution < -0.4 is 54.0 Å². The van der Waals surface area contributed by atoms with E-state index in [0.717, 1.165) is 10.9 Å². The number of imidazole rings is 1. The smallest absolute Gasteiger partial charge is 0.245 e. The third-order valence-electron chi connectivity index (χ3n) is 12.6. The Balaban J connectivity index is 1.37. The maximum Gasteiger partial charge on any atom is 0.245 e. The van der Waals surface area contributed by atoms with Gasteiger partial charge in [0.1, 0.15) is 54.3 Å². The molecule has 8 amide bonds. The Morgan fingerprint density at radius 3 is 1.84 bits per heavy atom. The fourth-order valence-electron chi connectivity index (χ4n) is 8.65. The number of aliphatic hydroxyl groups excluding tert-OH is 1. The monoisotopic (exact) mass is 1070 g/mol. The molecule has 25 nitrogen and oxygen atoms in total. The maximum absolute atomic E-state index is 14.5. The van der Waals surface area contributed by atoms with E-state index in [9.17, 15) is 53.4 Å². The number of aromatic nitrogens is 3. The predicted molar refractivity (Wildman–Crippen MR) is 283 cm³/mol. The van der Waals surface area contributed by atoms with Crippen molar-refractivity contribution in [3.05, 3.63) is 84.1 Å². The minimum absolute atomic E-state index is 0.0764. The van der Waals surface area contributed by atoms with E-state index in [1.54, 1.807) is 18.3 Å². The number of aliphatic hydroxyl groups is 1. The molecule has 8 atom stereocenters. The van der Waals surface area contributed by atoms with Crippen molar-refractivity contribution in [2.75, 3.05) is 13.2 Å². The summed E-state index contributed by atoms with van der Waals surface area (Å²) in [6, 6.07) is 2.88. The summed E-state index contributed by atoms with van der Waals surface area (Å²) in [5.74, 6) is -6.38. The third kappa shape index (κ3) is 18.8. The van der Waals surface area contributed by atoms with Gasteiger partial charge in [-0.3, -0.25) is 43.3 Å². The second-order valence-electron chi connectivity index (χ2n) is 19.9. The highest BCUT2D eigenvalue weighted by molar-refractivity contribution is 5.99. The molecule has 4 aromatic rings. The number of carbonyl (C=O) groups excluding carboxylic acids is 9. The number of phenolic OH excluding ortho intramolecular Hbond substituents is 1. The average Bonchev–Trinajstić information content (AvgIpc) is 4.18. The SMILES string of the molecule is CC(C)C[C@H](NC(=O)[C@@H](CC(C)C)NC(=O)[C@H](Cc1ccc(O)cc1)NC(=O)[C@H](CO)NC(=O)[C@H](Cc1c[nH]c2ccccc12)NC(=O)[C@H](Cc1cnc[nH]1)NC(=O)[C@@H]1CCC(=O)N1)C(=O)N[C@H](C=O)CCCN=C(N)N. The van der Waals surface area contributed by atoms with Crippen molar-refractivity contribution in [2.24, 2.45) is 28.3 Å². The molecule has 1 saturated heterocycles. The van der Waals surface area contributed by atoms with Crippen LogP contribution in [0.15, 0.2) is 72.2 Å². The van der Waals surface area contributed by atoms with Crippen LogP contribution in [0.4, 0.5) is 0 Å². The topological polar surface area (TPSA) is 399 Å². The molecule has 3 heterocycles. The summed E-state index contributed by atoms with van der Waals surface area (Å²) >= 11 is 0. The number of phenols is 1. The number of rotatable bonds is 30. The Morgan fingerprint density at radius 1 is 0.727 bits per heavy atom. The third-order valence-corrected chi connectivity index (χ3v) is 12.6. The van der Waals surface area contributed by atoms with Crippen LogP contribution in [-0.4, -0.2) is 146 Å². The Bertz CT molecular complexity index is 2690. The number of amides is 8. The molecule has 0 radical (unpaired) electrons. The number of H-pyrrole nitrogens is 2. The molecule has 25 heteroatoms. The van der Waals surface area contributed by atoms with Crippen LogP contribution in [0.5, 0.6) is 5.75 Å². The number of carbonyl (C=O) groups is 9. The summed E-state index contributed by atoms with van der Waals surface area (Å²) in [5.41, 5.74) is 13.0. The van der Waals surface area contributed by atoms with Crippen molar-refractivity contribution < 1.29 is 53.4 Å². The molecule has 1 aliphatic heterocycles. The fraction of sp³-hybridized carbons (Fsp3) is 0.481. The molecule has 0 bridgehead atoms. The molecule has 0 spiro atoms. The lowest BCUT2D eigenvalue weighted by Crippen LogP contribution is -2.61. The first-order valence-corrected chi connectivity index (χ1v) is 25.6. The minimum Gasteiger partial charge on any atom is -0.508 e. The lowest BCUT2D eigenvalue weighted by Gasteiger charge is -2.28. The molecule has 77 heavy (non-hydrogen) atoms. The lowest BCUT2D eigenvalue weighted by molar-refractivity contribution is -0.136. The Kier molecular flexibility index (Phi) is 22.5. The van der Waals surface area contributed by atoms with Crippen LogP contribution in [0.3, 0.4) is 0 Å². The number of hydrogen-bond donors (Lipinski definition) is 14. The molecule has 16 N–H and O–H groups in total. The van der Waals surface area contributed by atoms with Gasteiger partial charge in [0, 0.05) is 61.2 Å². The van der Waals surface area contributed by atoms with Gasteiger partial charge in [-0.25, -0.2) is 4.98 Å². The number of nitrogens with two attached hydrogens (primary N) is 2. The molecule has 1 aliphatic rings. The van der Waals surface area contributed by atoms with Gasteiger partial charge >= 0.3 is 0 Å². The van der Waals surface area contributed by atoms with Crippen molar-refractivity contribution in [2.45, 2.75) is 134 Å². The molecule has 416 valence electrons. The highest BCUT2D eigenvalue weighted by Gasteiger charge is 2.36. The normalized spacial score (nSPS) is 15.9. The van der Waals surface area contributed by atoms with E-state index in [0.29, 0.717) is 29.5 Å². The van der Waals surface area contributed by atoms with Gasteiger partial charge in [0.15, 0.2) is 5.96 Å². The van der Waals surface area contributed by atoms with Crippen LogP contribution in [0.2, 0.25) is 0 Å². The zero-order valence-electron chi connectivity index (χ0n) is 43.6. The largest absolute Gasteiger partial charge is 0.508 e. The van der Waals surface area contributed by atoms with Crippen molar-refractivity contribution in [3.8, 4) is 5.75 Å². The maximum atomic E-state index is 14.5. The van der Waals surface area contributed by atoms with Crippen molar-refractivity contribution in [3.63, 3.8) is 0 Å². The van der Waals surface area contributed by atoms with Gasteiger partial charge in [0.05, 0.1) is 19.0 Å². The minimum atomic E-state index is -1.72. The van der Waals surface area contributed by atoms with Crippen molar-refractivity contribution in [1.29, 1.82) is 0 Å². The van der Waals surface area contributed by atoms with E-state index in [2.05, 4.69) is 62.5 Å². The number of nitrogens with one attached hydrogen (secondary N) is 10. The summed E-state index contributed by atoms with van der Waals surface area (Å²) in [4.78, 5) is 136. The summed E-state index contributed by atoms with van der Waals surface area (Å²) in [6.07, 6.45) is 5.81. The second-order valence-corrected chi connectivity index (χ2v) is 19.9. The number of aromatic hydroxyl groups is 1. The number of nitrogens with zero attached hydrogens (tertiary/aromatic N) is 2. The van der Waals surface area contributed by atoms with E-state index in [1.165, 1.54) is 36.8 Å². The fourth-order valence-corrected chi connectivity index (χ4v) is 8.65. The van der Waals surface area contributed by atoms with Crippen LogP contribution in [-0.2, 0) is 62.4 Å². The number of aromatic amines is 2. The van der Waals surface area contributed by atoms with E-state index < -0.39 is 96.3 Å². The van der Waals surface area contributed by atoms with E-state index >= 15 is 0 Å². The van der Waals surface area contributed by atoms with Gasteiger partial charge in [-0.1, -0.05) is 58.0 Å². The Hall–Kier alpha value is -8.35. The van der Waals surface area contributed by atoms with Gasteiger partial charge in [-0.15, -0.1) is 0 Å². The summed E-state index contributed by atoms with van der Waals surface area (Å²) in [6.45, 7) is 6.55. The van der Waals surface area contributed by atoms with E-state index in [4.69, 9.17) is 11.5 Å². The molecular formula is C52H72N14O11. The van der Waals surface area contributed by atoms with Gasteiger partial charge in [-0.05, 0) is 73.3 Å². The molecule has 0 aliphatic carbocycles. The van der Waals surface area contributed by atoms with Gasteiger partial charge in [-0.2, -0.15) is 0 Å². The summed E-state index contributed by atoms with van der Waals surface area (Å²) in [5, 5.41) is 42.6. The second kappa shape index (κ2) is 29.1. The number of guanidine groups is 1. The van der Waals surface area contributed by atoms with Crippen LogP contribution in [0.25, 0.3) is 10.9 Å². The van der Waals surface area contributed by atoms with Crippen molar-refractivity contribution in [1.82, 2.24) is 57.5 Å². The molecule has 0 saturated carbocycles. The van der Waals surface area contributed by atoms with Gasteiger partial charge < -0.3 is 79.0 Å². The van der Waals surface area contributed by atoms with Crippen molar-refractivity contribution >= 4 is 70.4 Å². The first-order chi connectivity index (χ1) is 36.7. The highest BCUT2D eigenvalue weighted by atomic mass is 16.3. The number of aldehydes is 1. The van der Waals surface area contributed by atoms with Gasteiger partial charge in [0.25, 0.3) is 0 Å².